The first-order valence-corrected chi connectivity index (χ1v) is 6.42. The molecule has 0 aromatic heterocycles. The van der Waals surface area contributed by atoms with Crippen LogP contribution in [0.4, 0.5) is 0 Å². The number of hydrogen-bond donors (Lipinski definition) is 0. The molecule has 0 heterocycles. The van der Waals surface area contributed by atoms with Gasteiger partial charge in [0.05, 0.1) is 12.2 Å². The molecule has 0 saturated heterocycles. The first-order valence-electron chi connectivity index (χ1n) is 6.42. The molecule has 0 atom stereocenters. The maximum absolute atomic E-state index is 10.6. The minimum absolute atomic E-state index is 0. The van der Waals surface area contributed by atoms with Crippen LogP contribution in [-0.2, 0) is 54.9 Å². The van der Waals surface area contributed by atoms with E-state index in [4.69, 9.17) is 9.47 Å². The Kier molecular flexibility index (Phi) is 16.9. The summed E-state index contributed by atoms with van der Waals surface area (Å²) in [6.07, 6.45) is -0.491. The van der Waals surface area contributed by atoms with Crippen LogP contribution in [0.1, 0.15) is 54.4 Å². The molecule has 6 nitrogen and oxygen atoms in total. The molecule has 0 aliphatic heterocycles. The molecule has 0 rings (SSSR count). The van der Waals surface area contributed by atoms with Crippen LogP contribution in [0.25, 0.3) is 0 Å². The Morgan fingerprint density at radius 2 is 0.952 bits per heavy atom. The Balaban J connectivity index is -0.000000295. The van der Waals surface area contributed by atoms with Crippen molar-refractivity contribution >= 4 is 23.5 Å². The van der Waals surface area contributed by atoms with Crippen LogP contribution in [0.5, 0.6) is 0 Å². The largest absolute Gasteiger partial charge is 0.463 e. The predicted molar refractivity (Wildman–Crippen MR) is 73.1 cm³/mol. The normalized spacial score (nSPS) is 9.14. The molecule has 0 bridgehead atoms. The SMILES string of the molecule is CC(=O)CC(=O)OC(C)C.CC(=O)CC(=O)OC(C)C.[Zr]. The number of Topliss-reactive ketones (excluding diaryl/α,β-unsaturated/α-hetero) is 2. The predicted octanol–water partition coefficient (Wildman–Crippen LogP) is 1.83. The van der Waals surface area contributed by atoms with Crippen LogP contribution in [-0.4, -0.2) is 35.7 Å². The number of carbonyl (C=O) groups is 4. The molecule has 0 spiro atoms. The second kappa shape index (κ2) is 14.1. The smallest absolute Gasteiger partial charge is 0.313 e. The van der Waals surface area contributed by atoms with Gasteiger partial charge in [-0.05, 0) is 41.5 Å². The molecule has 0 N–H and O–H groups in total. The van der Waals surface area contributed by atoms with Crippen molar-refractivity contribution in [2.75, 3.05) is 0 Å². The summed E-state index contributed by atoms with van der Waals surface area (Å²) in [5, 5.41) is 0. The van der Waals surface area contributed by atoms with Gasteiger partial charge in [0.2, 0.25) is 0 Å². The first-order chi connectivity index (χ1) is 9.04. The van der Waals surface area contributed by atoms with E-state index in [0.29, 0.717) is 0 Å². The van der Waals surface area contributed by atoms with Crippen LogP contribution >= 0.6 is 0 Å². The molecule has 21 heavy (non-hydrogen) atoms. The fraction of sp³-hybridized carbons (Fsp3) is 0.714. The zero-order valence-electron chi connectivity index (χ0n) is 13.5. The molecule has 0 aromatic carbocycles. The van der Waals surface area contributed by atoms with Crippen molar-refractivity contribution in [3.63, 3.8) is 0 Å². The summed E-state index contributed by atoms with van der Waals surface area (Å²) in [6.45, 7) is 9.72. The fourth-order valence-electron chi connectivity index (χ4n) is 1.02. The molecule has 0 amide bonds. The van der Waals surface area contributed by atoms with Gasteiger partial charge in [0.1, 0.15) is 24.4 Å². The third-order valence-electron chi connectivity index (χ3n) is 1.52. The van der Waals surface area contributed by atoms with Crippen molar-refractivity contribution in [2.45, 2.75) is 66.6 Å². The van der Waals surface area contributed by atoms with Gasteiger partial charge in [0.25, 0.3) is 0 Å². The maximum Gasteiger partial charge on any atom is 0.313 e. The van der Waals surface area contributed by atoms with Gasteiger partial charge in [-0.2, -0.15) is 0 Å². The van der Waals surface area contributed by atoms with Crippen LogP contribution in [0.3, 0.4) is 0 Å². The summed E-state index contributed by atoms with van der Waals surface area (Å²) in [6, 6.07) is 0. The third-order valence-corrected chi connectivity index (χ3v) is 1.52. The summed E-state index contributed by atoms with van der Waals surface area (Å²) in [7, 11) is 0. The molecule has 0 radical (unpaired) electrons. The van der Waals surface area contributed by atoms with E-state index in [0.717, 1.165) is 0 Å². The molecular weight excluding hydrogens is 355 g/mol. The van der Waals surface area contributed by atoms with Crippen molar-refractivity contribution < 1.29 is 54.9 Å². The second-order valence-electron chi connectivity index (χ2n) is 4.83. The molecule has 0 unspecified atom stereocenters. The zero-order chi connectivity index (χ0) is 16.3. The van der Waals surface area contributed by atoms with Crippen LogP contribution in [0.15, 0.2) is 0 Å². The van der Waals surface area contributed by atoms with E-state index in [1.165, 1.54) is 13.8 Å². The number of ether oxygens (including phenoxy) is 2. The third kappa shape index (κ3) is 24.6. The van der Waals surface area contributed by atoms with Gasteiger partial charge >= 0.3 is 11.9 Å². The first kappa shape index (κ1) is 25.1. The maximum atomic E-state index is 10.6. The number of ketones is 2. The van der Waals surface area contributed by atoms with E-state index in [1.54, 1.807) is 27.7 Å². The van der Waals surface area contributed by atoms with Crippen LogP contribution in [0.2, 0.25) is 0 Å². The van der Waals surface area contributed by atoms with E-state index in [-0.39, 0.29) is 62.8 Å². The number of rotatable bonds is 6. The van der Waals surface area contributed by atoms with Gasteiger partial charge in [0.15, 0.2) is 0 Å². The molecule has 120 valence electrons. The molecule has 0 saturated carbocycles. The minimum Gasteiger partial charge on any atom is -0.463 e. The Hall–Kier alpha value is -0.837. The van der Waals surface area contributed by atoms with Crippen molar-refractivity contribution in [3.8, 4) is 0 Å². The molecule has 7 heteroatoms. The van der Waals surface area contributed by atoms with E-state index in [1.807, 2.05) is 0 Å². The summed E-state index contributed by atoms with van der Waals surface area (Å²) in [5.74, 6) is -1.21. The number of carbonyl (C=O) groups excluding carboxylic acids is 4. The van der Waals surface area contributed by atoms with Crippen molar-refractivity contribution in [3.05, 3.63) is 0 Å². The average molecular weight is 380 g/mol. The summed E-state index contributed by atoms with van der Waals surface area (Å²) < 4.78 is 9.40. The molecular formula is C14H24O6Zr. The molecule has 0 aliphatic carbocycles. The summed E-state index contributed by atoms with van der Waals surface area (Å²) in [5.41, 5.74) is 0. The molecule has 0 aliphatic rings. The molecule has 0 fully saturated rings. The van der Waals surface area contributed by atoms with E-state index >= 15 is 0 Å². The van der Waals surface area contributed by atoms with E-state index in [2.05, 4.69) is 0 Å². The second-order valence-corrected chi connectivity index (χ2v) is 4.83. The topological polar surface area (TPSA) is 86.7 Å². The molecule has 0 aromatic rings. The van der Waals surface area contributed by atoms with Gasteiger partial charge in [-0.3, -0.25) is 19.2 Å². The van der Waals surface area contributed by atoms with Crippen LogP contribution in [0, 0.1) is 0 Å². The van der Waals surface area contributed by atoms with Gasteiger partial charge < -0.3 is 9.47 Å². The number of hydrogen-bond acceptors (Lipinski definition) is 6. The quantitative estimate of drug-likeness (QED) is 0.517. The van der Waals surface area contributed by atoms with Crippen molar-refractivity contribution in [1.82, 2.24) is 0 Å². The van der Waals surface area contributed by atoms with E-state index in [9.17, 15) is 19.2 Å². The summed E-state index contributed by atoms with van der Waals surface area (Å²) >= 11 is 0. The average Bonchev–Trinajstić information content (AvgIpc) is 2.11. The van der Waals surface area contributed by atoms with Gasteiger partial charge in [-0.1, -0.05) is 0 Å². The monoisotopic (exact) mass is 378 g/mol. The van der Waals surface area contributed by atoms with Crippen molar-refractivity contribution in [1.29, 1.82) is 0 Å². The Morgan fingerprint density at radius 1 is 0.714 bits per heavy atom. The van der Waals surface area contributed by atoms with Gasteiger partial charge in [0, 0.05) is 26.2 Å². The standard InChI is InChI=1S/2C7H12O3.Zr/c2*1-5(2)10-7(9)4-6(3)8;/h2*5H,4H2,1-3H3;. The summed E-state index contributed by atoms with van der Waals surface area (Å²) in [4.78, 5) is 41.9. The van der Waals surface area contributed by atoms with Crippen molar-refractivity contribution in [2.24, 2.45) is 0 Å². The Morgan fingerprint density at radius 3 is 1.10 bits per heavy atom. The minimum atomic E-state index is -0.442. The van der Waals surface area contributed by atoms with Gasteiger partial charge in [-0.15, -0.1) is 0 Å². The van der Waals surface area contributed by atoms with Crippen LogP contribution < -0.4 is 0 Å². The Bertz CT molecular complexity index is 315. The zero-order valence-corrected chi connectivity index (χ0v) is 16.0. The fourth-order valence-corrected chi connectivity index (χ4v) is 1.02. The number of esters is 2. The van der Waals surface area contributed by atoms with E-state index < -0.39 is 11.9 Å². The van der Waals surface area contributed by atoms with Gasteiger partial charge in [-0.25, -0.2) is 0 Å². The Labute approximate surface area is 145 Å².